The van der Waals surface area contributed by atoms with E-state index in [1.54, 1.807) is 0 Å². The summed E-state index contributed by atoms with van der Waals surface area (Å²) in [4.78, 5) is 0. The van der Waals surface area contributed by atoms with Crippen LogP contribution in [0.1, 0.15) is 29.2 Å². The number of fused-ring (bicyclic) bond motifs is 1. The second-order valence-corrected chi connectivity index (χ2v) is 5.42. The van der Waals surface area contributed by atoms with Gasteiger partial charge in [0, 0.05) is 12.6 Å². The van der Waals surface area contributed by atoms with E-state index in [1.807, 2.05) is 0 Å². The molecule has 0 amide bonds. The van der Waals surface area contributed by atoms with Gasteiger partial charge in [-0.25, -0.2) is 0 Å². The lowest BCUT2D eigenvalue weighted by Gasteiger charge is -2.26. The zero-order chi connectivity index (χ0) is 13.1. The van der Waals surface area contributed by atoms with Crippen LogP contribution in [0.15, 0.2) is 48.5 Å². The molecule has 1 aliphatic heterocycles. The molecular weight excluding hydrogens is 230 g/mol. The molecule has 2 aromatic rings. The van der Waals surface area contributed by atoms with Crippen LogP contribution in [-0.2, 0) is 25.8 Å². The summed E-state index contributed by atoms with van der Waals surface area (Å²) in [5, 5.41) is 3.65. The second-order valence-electron chi connectivity index (χ2n) is 5.42. The van der Waals surface area contributed by atoms with Crippen molar-refractivity contribution in [3.63, 3.8) is 0 Å². The van der Waals surface area contributed by atoms with Gasteiger partial charge >= 0.3 is 0 Å². The van der Waals surface area contributed by atoms with Crippen molar-refractivity contribution < 1.29 is 0 Å². The van der Waals surface area contributed by atoms with Crippen LogP contribution in [-0.4, -0.2) is 6.04 Å². The van der Waals surface area contributed by atoms with Crippen LogP contribution in [0.5, 0.6) is 0 Å². The number of nitrogens with one attached hydrogen (secondary N) is 1. The zero-order valence-electron chi connectivity index (χ0n) is 11.5. The number of hydrogen-bond donors (Lipinski definition) is 1. The molecule has 1 heteroatoms. The van der Waals surface area contributed by atoms with Crippen molar-refractivity contribution in [3.05, 3.63) is 70.8 Å². The summed E-state index contributed by atoms with van der Waals surface area (Å²) in [6.45, 7) is 3.21. The fourth-order valence-corrected chi connectivity index (χ4v) is 2.86. The predicted octanol–water partition coefficient (Wildman–Crippen LogP) is 3.51. The van der Waals surface area contributed by atoms with Crippen LogP contribution in [0.3, 0.4) is 0 Å². The topological polar surface area (TPSA) is 12.0 Å². The molecule has 98 valence electrons. The smallest absolute Gasteiger partial charge is 0.0211 e. The fraction of sp³-hybridized carbons (Fsp3) is 0.333. The first kappa shape index (κ1) is 12.4. The lowest BCUT2D eigenvalue weighted by atomic mass is 9.92. The number of rotatable bonds is 3. The quantitative estimate of drug-likeness (QED) is 0.880. The Kier molecular flexibility index (Phi) is 3.65. The second kappa shape index (κ2) is 5.58. The molecule has 0 aliphatic carbocycles. The van der Waals surface area contributed by atoms with E-state index in [0.717, 1.165) is 25.8 Å². The zero-order valence-corrected chi connectivity index (χ0v) is 11.5. The summed E-state index contributed by atoms with van der Waals surface area (Å²) < 4.78 is 0. The lowest BCUT2D eigenvalue weighted by Crippen LogP contribution is -2.37. The van der Waals surface area contributed by atoms with Gasteiger partial charge in [0.2, 0.25) is 0 Å². The highest BCUT2D eigenvalue weighted by atomic mass is 14.9. The highest BCUT2D eigenvalue weighted by molar-refractivity contribution is 5.31. The molecule has 1 aliphatic rings. The van der Waals surface area contributed by atoms with Crippen molar-refractivity contribution in [2.24, 2.45) is 0 Å². The van der Waals surface area contributed by atoms with E-state index in [2.05, 4.69) is 60.8 Å². The van der Waals surface area contributed by atoms with E-state index >= 15 is 0 Å². The van der Waals surface area contributed by atoms with Gasteiger partial charge in [-0.15, -0.1) is 0 Å². The van der Waals surface area contributed by atoms with Gasteiger partial charge in [0.05, 0.1) is 0 Å². The summed E-state index contributed by atoms with van der Waals surface area (Å²) >= 11 is 0. The standard InChI is InChI=1S/C18H21N/c1-2-14-7-9-15(10-8-14)11-18-12-16-5-3-4-6-17(16)13-19-18/h3-10,18-19H,2,11-13H2,1H3. The van der Waals surface area contributed by atoms with Crippen molar-refractivity contribution in [3.8, 4) is 0 Å². The molecule has 0 aromatic heterocycles. The lowest BCUT2D eigenvalue weighted by molar-refractivity contribution is 0.477. The Morgan fingerprint density at radius 2 is 1.63 bits per heavy atom. The van der Waals surface area contributed by atoms with Gasteiger partial charge in [-0.1, -0.05) is 55.5 Å². The fourth-order valence-electron chi connectivity index (χ4n) is 2.86. The van der Waals surface area contributed by atoms with Gasteiger partial charge in [-0.2, -0.15) is 0 Å². The Balaban J connectivity index is 1.68. The average Bonchev–Trinajstić information content (AvgIpc) is 2.48. The molecule has 0 saturated carbocycles. The third kappa shape index (κ3) is 2.87. The Labute approximate surface area is 115 Å². The largest absolute Gasteiger partial charge is 0.309 e. The molecule has 1 nitrogen and oxygen atoms in total. The van der Waals surface area contributed by atoms with Crippen LogP contribution in [0, 0.1) is 0 Å². The minimum atomic E-state index is 0.572. The molecular formula is C18H21N. The van der Waals surface area contributed by atoms with E-state index in [9.17, 15) is 0 Å². The summed E-state index contributed by atoms with van der Waals surface area (Å²) in [7, 11) is 0. The molecule has 0 radical (unpaired) electrons. The normalized spacial score (nSPS) is 18.1. The summed E-state index contributed by atoms with van der Waals surface area (Å²) in [5.41, 5.74) is 5.83. The summed E-state index contributed by atoms with van der Waals surface area (Å²) in [6.07, 6.45) is 3.39. The van der Waals surface area contributed by atoms with Gasteiger partial charge in [0.15, 0.2) is 0 Å². The first-order valence-corrected chi connectivity index (χ1v) is 7.23. The Hall–Kier alpha value is -1.60. The summed E-state index contributed by atoms with van der Waals surface area (Å²) in [6, 6.07) is 18.4. The molecule has 19 heavy (non-hydrogen) atoms. The van der Waals surface area contributed by atoms with Crippen LogP contribution in [0.4, 0.5) is 0 Å². The number of benzene rings is 2. The maximum atomic E-state index is 3.65. The Morgan fingerprint density at radius 1 is 0.947 bits per heavy atom. The van der Waals surface area contributed by atoms with E-state index < -0.39 is 0 Å². The number of hydrogen-bond acceptors (Lipinski definition) is 1. The van der Waals surface area contributed by atoms with E-state index in [0.29, 0.717) is 6.04 Å². The monoisotopic (exact) mass is 251 g/mol. The van der Waals surface area contributed by atoms with Gasteiger partial charge < -0.3 is 5.32 Å². The molecule has 2 aromatic carbocycles. The van der Waals surface area contributed by atoms with Gasteiger partial charge in [0.1, 0.15) is 0 Å². The highest BCUT2D eigenvalue weighted by Gasteiger charge is 2.17. The highest BCUT2D eigenvalue weighted by Crippen LogP contribution is 2.18. The first-order chi connectivity index (χ1) is 9.35. The SMILES string of the molecule is CCc1ccc(CC2Cc3ccccc3CN2)cc1. The first-order valence-electron chi connectivity index (χ1n) is 7.23. The third-order valence-corrected chi connectivity index (χ3v) is 4.08. The van der Waals surface area contributed by atoms with Crippen molar-refractivity contribution in [2.45, 2.75) is 38.8 Å². The molecule has 0 fully saturated rings. The van der Waals surface area contributed by atoms with Crippen LogP contribution in [0.25, 0.3) is 0 Å². The summed E-state index contributed by atoms with van der Waals surface area (Å²) in [5.74, 6) is 0. The van der Waals surface area contributed by atoms with Crippen LogP contribution >= 0.6 is 0 Å². The average molecular weight is 251 g/mol. The number of aryl methyl sites for hydroxylation is 1. The Morgan fingerprint density at radius 3 is 2.37 bits per heavy atom. The minimum absolute atomic E-state index is 0.572. The van der Waals surface area contributed by atoms with Crippen LogP contribution < -0.4 is 5.32 Å². The van der Waals surface area contributed by atoms with Gasteiger partial charge in [-0.3, -0.25) is 0 Å². The molecule has 1 unspecified atom stereocenters. The molecule has 3 rings (SSSR count). The Bertz CT molecular complexity index is 542. The van der Waals surface area contributed by atoms with Gasteiger partial charge in [-0.05, 0) is 41.5 Å². The van der Waals surface area contributed by atoms with E-state index in [4.69, 9.17) is 0 Å². The molecule has 0 spiro atoms. The molecule has 1 atom stereocenters. The van der Waals surface area contributed by atoms with Crippen molar-refractivity contribution >= 4 is 0 Å². The van der Waals surface area contributed by atoms with Gasteiger partial charge in [0.25, 0.3) is 0 Å². The minimum Gasteiger partial charge on any atom is -0.309 e. The molecule has 0 saturated heterocycles. The maximum Gasteiger partial charge on any atom is 0.0211 e. The van der Waals surface area contributed by atoms with E-state index in [1.165, 1.54) is 22.3 Å². The van der Waals surface area contributed by atoms with Crippen LogP contribution in [0.2, 0.25) is 0 Å². The van der Waals surface area contributed by atoms with E-state index in [-0.39, 0.29) is 0 Å². The van der Waals surface area contributed by atoms with Crippen molar-refractivity contribution in [1.29, 1.82) is 0 Å². The maximum absolute atomic E-state index is 3.65. The third-order valence-electron chi connectivity index (χ3n) is 4.08. The van der Waals surface area contributed by atoms with Crippen molar-refractivity contribution in [1.82, 2.24) is 5.32 Å². The molecule has 1 N–H and O–H groups in total. The molecule has 0 bridgehead atoms. The van der Waals surface area contributed by atoms with Crippen molar-refractivity contribution in [2.75, 3.05) is 0 Å². The predicted molar refractivity (Wildman–Crippen MR) is 80.3 cm³/mol. The molecule has 1 heterocycles.